The molecule has 1 amide bonds. The SMILES string of the molecule is CCN(CC)C(=O)C[C@H](c1ccc(N(C)C)cc1)c1c(O)cc(OC)cc1OC. The molecule has 0 aromatic heterocycles. The molecule has 0 heterocycles. The minimum absolute atomic E-state index is 0.0361. The van der Waals surface area contributed by atoms with Crippen LogP contribution in [0.25, 0.3) is 0 Å². The van der Waals surface area contributed by atoms with Gasteiger partial charge in [-0.2, -0.15) is 0 Å². The van der Waals surface area contributed by atoms with Crippen LogP contribution in [-0.2, 0) is 4.79 Å². The second-order valence-electron chi connectivity index (χ2n) is 7.07. The second-order valence-corrected chi connectivity index (χ2v) is 7.07. The number of carbonyl (C=O) groups excluding carboxylic acids is 1. The van der Waals surface area contributed by atoms with Gasteiger partial charge >= 0.3 is 0 Å². The van der Waals surface area contributed by atoms with Crippen LogP contribution < -0.4 is 14.4 Å². The average Bonchev–Trinajstić information content (AvgIpc) is 2.72. The molecule has 0 aliphatic heterocycles. The zero-order valence-corrected chi connectivity index (χ0v) is 18.2. The number of carbonyl (C=O) groups is 1. The minimum atomic E-state index is -0.347. The Hall–Kier alpha value is -2.89. The molecule has 0 saturated heterocycles. The summed E-state index contributed by atoms with van der Waals surface area (Å²) in [5, 5.41) is 10.8. The zero-order valence-electron chi connectivity index (χ0n) is 18.2. The van der Waals surface area contributed by atoms with Crippen LogP contribution in [0.15, 0.2) is 36.4 Å². The van der Waals surface area contributed by atoms with E-state index in [0.717, 1.165) is 11.3 Å². The number of ether oxygens (including phenoxy) is 2. The maximum Gasteiger partial charge on any atom is 0.223 e. The Kier molecular flexibility index (Phi) is 7.76. The van der Waals surface area contributed by atoms with Crippen LogP contribution in [0.2, 0.25) is 0 Å². The molecule has 2 rings (SSSR count). The highest BCUT2D eigenvalue weighted by Crippen LogP contribution is 2.43. The van der Waals surface area contributed by atoms with Gasteiger partial charge in [0.15, 0.2) is 0 Å². The first-order valence-electron chi connectivity index (χ1n) is 9.86. The van der Waals surface area contributed by atoms with Gasteiger partial charge in [-0.05, 0) is 31.5 Å². The number of hydrogen-bond acceptors (Lipinski definition) is 5. The molecule has 29 heavy (non-hydrogen) atoms. The third-order valence-electron chi connectivity index (χ3n) is 5.20. The van der Waals surface area contributed by atoms with Crippen LogP contribution in [0.4, 0.5) is 5.69 Å². The lowest BCUT2D eigenvalue weighted by molar-refractivity contribution is -0.131. The van der Waals surface area contributed by atoms with Crippen molar-refractivity contribution < 1.29 is 19.4 Å². The number of amides is 1. The van der Waals surface area contributed by atoms with Crippen molar-refractivity contribution in [2.75, 3.05) is 46.3 Å². The Labute approximate surface area is 173 Å². The predicted octanol–water partition coefficient (Wildman–Crippen LogP) is 3.87. The van der Waals surface area contributed by atoms with E-state index >= 15 is 0 Å². The highest BCUT2D eigenvalue weighted by Gasteiger charge is 2.27. The molecule has 0 radical (unpaired) electrons. The molecule has 0 aliphatic rings. The molecule has 6 nitrogen and oxygen atoms in total. The summed E-state index contributed by atoms with van der Waals surface area (Å²) in [5.74, 6) is 0.736. The topological polar surface area (TPSA) is 62.2 Å². The van der Waals surface area contributed by atoms with E-state index in [2.05, 4.69) is 0 Å². The molecular formula is C23H32N2O4. The molecular weight excluding hydrogens is 368 g/mol. The van der Waals surface area contributed by atoms with Crippen molar-refractivity contribution in [3.05, 3.63) is 47.5 Å². The number of methoxy groups -OCH3 is 2. The van der Waals surface area contributed by atoms with Crippen LogP contribution in [0.1, 0.15) is 37.3 Å². The van der Waals surface area contributed by atoms with Crippen LogP contribution >= 0.6 is 0 Å². The van der Waals surface area contributed by atoms with Crippen molar-refractivity contribution in [1.29, 1.82) is 0 Å². The Morgan fingerprint density at radius 3 is 2.14 bits per heavy atom. The minimum Gasteiger partial charge on any atom is -0.507 e. The van der Waals surface area contributed by atoms with E-state index in [4.69, 9.17) is 9.47 Å². The van der Waals surface area contributed by atoms with E-state index in [1.54, 1.807) is 24.1 Å². The Morgan fingerprint density at radius 1 is 1.03 bits per heavy atom. The van der Waals surface area contributed by atoms with Crippen molar-refractivity contribution in [2.24, 2.45) is 0 Å². The van der Waals surface area contributed by atoms with Gasteiger partial charge in [-0.1, -0.05) is 12.1 Å². The summed E-state index contributed by atoms with van der Waals surface area (Å²) in [4.78, 5) is 16.8. The number of phenols is 1. The smallest absolute Gasteiger partial charge is 0.223 e. The number of rotatable bonds is 9. The number of hydrogen-bond donors (Lipinski definition) is 1. The highest BCUT2D eigenvalue weighted by molar-refractivity contribution is 5.78. The normalized spacial score (nSPS) is 11.7. The van der Waals surface area contributed by atoms with Crippen molar-refractivity contribution in [2.45, 2.75) is 26.2 Å². The summed E-state index contributed by atoms with van der Waals surface area (Å²) >= 11 is 0. The van der Waals surface area contributed by atoms with E-state index in [-0.39, 0.29) is 24.0 Å². The summed E-state index contributed by atoms with van der Waals surface area (Å²) in [6.45, 7) is 5.22. The van der Waals surface area contributed by atoms with Crippen LogP contribution in [0, 0.1) is 0 Å². The van der Waals surface area contributed by atoms with E-state index in [1.165, 1.54) is 7.11 Å². The first-order chi connectivity index (χ1) is 13.9. The molecule has 0 fully saturated rings. The molecule has 158 valence electrons. The largest absolute Gasteiger partial charge is 0.507 e. The number of phenolic OH excluding ortho intramolecular Hbond substituents is 1. The fourth-order valence-corrected chi connectivity index (χ4v) is 3.50. The number of aromatic hydroxyl groups is 1. The fourth-order valence-electron chi connectivity index (χ4n) is 3.50. The lowest BCUT2D eigenvalue weighted by Gasteiger charge is -2.26. The van der Waals surface area contributed by atoms with Gasteiger partial charge in [-0.3, -0.25) is 4.79 Å². The molecule has 2 aromatic rings. The van der Waals surface area contributed by atoms with Crippen LogP contribution in [-0.4, -0.2) is 57.3 Å². The summed E-state index contributed by atoms with van der Waals surface area (Å²) in [6.07, 6.45) is 0.235. The summed E-state index contributed by atoms with van der Waals surface area (Å²) < 4.78 is 10.8. The van der Waals surface area contributed by atoms with Gasteiger partial charge in [0.25, 0.3) is 0 Å². The molecule has 1 N–H and O–H groups in total. The van der Waals surface area contributed by atoms with Gasteiger partial charge in [0.05, 0.1) is 14.2 Å². The molecule has 0 spiro atoms. The number of nitrogens with zero attached hydrogens (tertiary/aromatic N) is 2. The van der Waals surface area contributed by atoms with E-state index < -0.39 is 0 Å². The van der Waals surface area contributed by atoms with E-state index in [1.807, 2.05) is 57.1 Å². The van der Waals surface area contributed by atoms with Crippen molar-refractivity contribution >= 4 is 11.6 Å². The second kappa shape index (κ2) is 10.0. The first-order valence-corrected chi connectivity index (χ1v) is 9.86. The summed E-state index contributed by atoms with van der Waals surface area (Å²) in [7, 11) is 7.05. The Morgan fingerprint density at radius 2 is 1.66 bits per heavy atom. The molecule has 0 bridgehead atoms. The van der Waals surface area contributed by atoms with Gasteiger partial charge in [-0.15, -0.1) is 0 Å². The summed E-state index contributed by atoms with van der Waals surface area (Å²) in [5.41, 5.74) is 2.59. The fraction of sp³-hybridized carbons (Fsp3) is 0.435. The zero-order chi connectivity index (χ0) is 21.6. The number of benzene rings is 2. The maximum atomic E-state index is 12.9. The third-order valence-corrected chi connectivity index (χ3v) is 5.20. The van der Waals surface area contributed by atoms with Crippen molar-refractivity contribution in [3.63, 3.8) is 0 Å². The summed E-state index contributed by atoms with van der Waals surface area (Å²) in [6, 6.07) is 11.3. The lowest BCUT2D eigenvalue weighted by atomic mass is 9.86. The third kappa shape index (κ3) is 5.13. The Balaban J connectivity index is 2.57. The van der Waals surface area contributed by atoms with E-state index in [9.17, 15) is 9.90 Å². The lowest BCUT2D eigenvalue weighted by Crippen LogP contribution is -2.31. The van der Waals surface area contributed by atoms with Crippen molar-refractivity contribution in [3.8, 4) is 17.2 Å². The van der Waals surface area contributed by atoms with Gasteiger partial charge in [0.1, 0.15) is 17.2 Å². The van der Waals surface area contributed by atoms with Crippen LogP contribution in [0.5, 0.6) is 17.2 Å². The molecule has 0 unspecified atom stereocenters. The van der Waals surface area contributed by atoms with E-state index in [0.29, 0.717) is 30.2 Å². The average molecular weight is 401 g/mol. The van der Waals surface area contributed by atoms with Crippen molar-refractivity contribution in [1.82, 2.24) is 4.90 Å². The van der Waals surface area contributed by atoms with Gasteiger partial charge < -0.3 is 24.4 Å². The quantitative estimate of drug-likeness (QED) is 0.692. The molecule has 0 saturated carbocycles. The van der Waals surface area contributed by atoms with Gasteiger partial charge in [0.2, 0.25) is 5.91 Å². The monoisotopic (exact) mass is 400 g/mol. The van der Waals surface area contributed by atoms with Crippen LogP contribution in [0.3, 0.4) is 0 Å². The highest BCUT2D eigenvalue weighted by atomic mass is 16.5. The van der Waals surface area contributed by atoms with Gasteiger partial charge in [0, 0.05) is 62.9 Å². The first kappa shape index (κ1) is 22.4. The maximum absolute atomic E-state index is 12.9. The molecule has 0 aliphatic carbocycles. The molecule has 6 heteroatoms. The molecule has 2 aromatic carbocycles. The Bertz CT molecular complexity index is 814. The standard InChI is InChI=1S/C23H32N2O4/c1-7-25(8-2)22(27)15-19(16-9-11-17(12-10-16)24(3)4)23-20(26)13-18(28-5)14-21(23)29-6/h9-14,19,26H,7-8,15H2,1-6H3/t19-/m1/s1. The number of anilines is 1. The van der Waals surface area contributed by atoms with Gasteiger partial charge in [-0.25, -0.2) is 0 Å². The molecule has 1 atom stereocenters. The predicted molar refractivity (Wildman–Crippen MR) is 116 cm³/mol.